The van der Waals surface area contributed by atoms with Crippen molar-refractivity contribution in [2.75, 3.05) is 0 Å². The van der Waals surface area contributed by atoms with Crippen LogP contribution in [0, 0.1) is 16.7 Å². The molecule has 0 saturated heterocycles. The summed E-state index contributed by atoms with van der Waals surface area (Å²) in [6, 6.07) is 0. The second-order valence-electron chi connectivity index (χ2n) is 8.14. The van der Waals surface area contributed by atoms with E-state index in [4.69, 9.17) is 5.73 Å². The van der Waals surface area contributed by atoms with Gasteiger partial charge in [0.1, 0.15) is 0 Å². The molecule has 0 aromatic rings. The molecule has 0 aromatic carbocycles. The third-order valence-corrected chi connectivity index (χ3v) is 5.82. The molecule has 0 aliphatic heterocycles. The van der Waals surface area contributed by atoms with Crippen molar-refractivity contribution < 1.29 is 0 Å². The van der Waals surface area contributed by atoms with Gasteiger partial charge in [0, 0.05) is 5.54 Å². The van der Waals surface area contributed by atoms with Crippen LogP contribution in [0.3, 0.4) is 0 Å². The molecular formula is C16H29N. The van der Waals surface area contributed by atoms with Crippen LogP contribution in [0.1, 0.15) is 78.1 Å². The Hall–Kier alpha value is -0.0400. The molecule has 4 fully saturated rings. The van der Waals surface area contributed by atoms with Crippen molar-refractivity contribution in [3.05, 3.63) is 0 Å². The van der Waals surface area contributed by atoms with Gasteiger partial charge in [-0.25, -0.2) is 0 Å². The van der Waals surface area contributed by atoms with Crippen molar-refractivity contribution >= 4 is 0 Å². The first kappa shape index (κ1) is 12.0. The molecule has 4 aliphatic rings. The van der Waals surface area contributed by atoms with Crippen LogP contribution in [0.2, 0.25) is 0 Å². The topological polar surface area (TPSA) is 26.0 Å². The van der Waals surface area contributed by atoms with Gasteiger partial charge in [-0.2, -0.15) is 0 Å². The lowest BCUT2D eigenvalue weighted by molar-refractivity contribution is -0.117. The monoisotopic (exact) mass is 235 g/mol. The summed E-state index contributed by atoms with van der Waals surface area (Å²) in [7, 11) is 0. The van der Waals surface area contributed by atoms with Gasteiger partial charge in [-0.05, 0) is 61.7 Å². The SMILES string of the molecule is CCCCCC12CC3CC(C)(CC(N)(C3)C1)C2. The molecule has 4 saturated carbocycles. The van der Waals surface area contributed by atoms with Gasteiger partial charge in [-0.15, -0.1) is 0 Å². The maximum atomic E-state index is 6.70. The number of rotatable bonds is 4. The minimum absolute atomic E-state index is 0.223. The maximum absolute atomic E-state index is 6.70. The zero-order chi connectivity index (χ0) is 12.1. The van der Waals surface area contributed by atoms with Crippen LogP contribution in [0.4, 0.5) is 0 Å². The quantitative estimate of drug-likeness (QED) is 0.724. The molecule has 1 heteroatoms. The van der Waals surface area contributed by atoms with Crippen molar-refractivity contribution in [2.45, 2.75) is 83.6 Å². The van der Waals surface area contributed by atoms with E-state index in [1.807, 2.05) is 0 Å². The van der Waals surface area contributed by atoms with Gasteiger partial charge in [0.2, 0.25) is 0 Å². The lowest BCUT2D eigenvalue weighted by Gasteiger charge is -2.65. The largest absolute Gasteiger partial charge is 0.325 e. The third-order valence-electron chi connectivity index (χ3n) is 5.82. The highest BCUT2D eigenvalue weighted by atomic mass is 14.8. The first-order valence-corrected chi connectivity index (χ1v) is 7.76. The van der Waals surface area contributed by atoms with Crippen molar-refractivity contribution in [2.24, 2.45) is 22.5 Å². The van der Waals surface area contributed by atoms with Crippen LogP contribution in [0.25, 0.3) is 0 Å². The molecule has 1 nitrogen and oxygen atoms in total. The number of unbranched alkanes of at least 4 members (excludes halogenated alkanes) is 2. The second-order valence-corrected chi connectivity index (χ2v) is 8.14. The normalized spacial score (nSPS) is 52.1. The molecule has 0 heterocycles. The Kier molecular flexibility index (Phi) is 2.63. The van der Waals surface area contributed by atoms with Crippen molar-refractivity contribution in [1.82, 2.24) is 0 Å². The molecule has 0 aromatic heterocycles. The number of hydrogen-bond acceptors (Lipinski definition) is 1. The number of hydrogen-bond donors (Lipinski definition) is 1. The van der Waals surface area contributed by atoms with Gasteiger partial charge < -0.3 is 5.73 Å². The Morgan fingerprint density at radius 1 is 1.06 bits per heavy atom. The molecule has 4 unspecified atom stereocenters. The summed E-state index contributed by atoms with van der Waals surface area (Å²) < 4.78 is 0. The summed E-state index contributed by atoms with van der Waals surface area (Å²) in [4.78, 5) is 0. The summed E-state index contributed by atoms with van der Waals surface area (Å²) in [5.41, 5.74) is 8.17. The van der Waals surface area contributed by atoms with Crippen LogP contribution >= 0.6 is 0 Å². The molecule has 4 rings (SSSR count). The van der Waals surface area contributed by atoms with E-state index in [2.05, 4.69) is 13.8 Å². The van der Waals surface area contributed by atoms with E-state index < -0.39 is 0 Å². The molecule has 2 N–H and O–H groups in total. The van der Waals surface area contributed by atoms with Crippen molar-refractivity contribution in [3.63, 3.8) is 0 Å². The Labute approximate surface area is 107 Å². The van der Waals surface area contributed by atoms with E-state index in [0.29, 0.717) is 10.8 Å². The van der Waals surface area contributed by atoms with Crippen LogP contribution in [0.15, 0.2) is 0 Å². The third kappa shape index (κ3) is 2.05. The van der Waals surface area contributed by atoms with Crippen LogP contribution in [-0.4, -0.2) is 5.54 Å². The maximum Gasteiger partial charge on any atom is 0.0167 e. The van der Waals surface area contributed by atoms with Gasteiger partial charge in [0.25, 0.3) is 0 Å². The van der Waals surface area contributed by atoms with Crippen LogP contribution in [0.5, 0.6) is 0 Å². The van der Waals surface area contributed by atoms with E-state index in [-0.39, 0.29) is 5.54 Å². The van der Waals surface area contributed by atoms with Gasteiger partial charge in [-0.1, -0.05) is 33.1 Å². The van der Waals surface area contributed by atoms with Crippen molar-refractivity contribution in [3.8, 4) is 0 Å². The molecule has 4 aliphatic carbocycles. The van der Waals surface area contributed by atoms with Gasteiger partial charge in [0.05, 0.1) is 0 Å². The fourth-order valence-corrected chi connectivity index (χ4v) is 6.25. The molecule has 4 bridgehead atoms. The fourth-order valence-electron chi connectivity index (χ4n) is 6.25. The fraction of sp³-hybridized carbons (Fsp3) is 1.00. The van der Waals surface area contributed by atoms with E-state index in [9.17, 15) is 0 Å². The minimum Gasteiger partial charge on any atom is -0.325 e. The first-order valence-electron chi connectivity index (χ1n) is 7.76. The summed E-state index contributed by atoms with van der Waals surface area (Å²) in [6.07, 6.45) is 14.1. The Balaban J connectivity index is 1.77. The second kappa shape index (κ2) is 3.73. The average Bonchev–Trinajstić information content (AvgIpc) is 2.11. The van der Waals surface area contributed by atoms with E-state index in [0.717, 1.165) is 5.92 Å². The van der Waals surface area contributed by atoms with E-state index in [1.165, 1.54) is 64.2 Å². The minimum atomic E-state index is 0.223. The molecule has 17 heavy (non-hydrogen) atoms. The lowest BCUT2D eigenvalue weighted by Crippen LogP contribution is -2.63. The van der Waals surface area contributed by atoms with Crippen molar-refractivity contribution in [1.29, 1.82) is 0 Å². The molecule has 0 radical (unpaired) electrons. The van der Waals surface area contributed by atoms with E-state index in [1.54, 1.807) is 0 Å². The highest BCUT2D eigenvalue weighted by molar-refractivity contribution is 5.14. The molecule has 0 spiro atoms. The van der Waals surface area contributed by atoms with Gasteiger partial charge >= 0.3 is 0 Å². The number of nitrogens with two attached hydrogens (primary N) is 1. The summed E-state index contributed by atoms with van der Waals surface area (Å²) in [5, 5.41) is 0. The predicted molar refractivity (Wildman–Crippen MR) is 72.8 cm³/mol. The zero-order valence-corrected chi connectivity index (χ0v) is 11.7. The van der Waals surface area contributed by atoms with E-state index >= 15 is 0 Å². The summed E-state index contributed by atoms with van der Waals surface area (Å²) >= 11 is 0. The molecule has 4 atom stereocenters. The van der Waals surface area contributed by atoms with Gasteiger partial charge in [0.15, 0.2) is 0 Å². The standard InChI is InChI=1S/C16H29N/c1-3-4-5-6-15-8-13-7-14(2,10-15)11-16(17,9-13)12-15/h13H,3-12,17H2,1-2H3. The predicted octanol–water partition coefficient (Wildman–Crippen LogP) is 4.25. The van der Waals surface area contributed by atoms with Gasteiger partial charge in [-0.3, -0.25) is 0 Å². The average molecular weight is 235 g/mol. The lowest BCUT2D eigenvalue weighted by atomic mass is 9.42. The molecule has 98 valence electrons. The highest BCUT2D eigenvalue weighted by Gasteiger charge is 2.59. The summed E-state index contributed by atoms with van der Waals surface area (Å²) in [6.45, 7) is 4.83. The molecule has 0 amide bonds. The molecular weight excluding hydrogens is 206 g/mol. The smallest absolute Gasteiger partial charge is 0.0167 e. The Morgan fingerprint density at radius 2 is 1.88 bits per heavy atom. The first-order chi connectivity index (χ1) is 7.97. The Bertz CT molecular complexity index is 291. The van der Waals surface area contributed by atoms with Crippen LogP contribution < -0.4 is 5.73 Å². The van der Waals surface area contributed by atoms with Crippen LogP contribution in [-0.2, 0) is 0 Å². The summed E-state index contributed by atoms with van der Waals surface area (Å²) in [5.74, 6) is 0.961. The Morgan fingerprint density at radius 3 is 2.53 bits per heavy atom. The zero-order valence-electron chi connectivity index (χ0n) is 11.7. The highest BCUT2D eigenvalue weighted by Crippen LogP contribution is 2.67.